The van der Waals surface area contributed by atoms with Gasteiger partial charge in [-0.2, -0.15) is 0 Å². The van der Waals surface area contributed by atoms with Gasteiger partial charge in [-0.1, -0.05) is 11.8 Å². The van der Waals surface area contributed by atoms with E-state index in [1.54, 1.807) is 0 Å². The summed E-state index contributed by atoms with van der Waals surface area (Å²) in [5, 5.41) is 8.64. The van der Waals surface area contributed by atoms with Crippen molar-refractivity contribution in [1.29, 1.82) is 0 Å². The molecule has 3 heteroatoms. The quantitative estimate of drug-likeness (QED) is 0.829. The van der Waals surface area contributed by atoms with E-state index < -0.39 is 0 Å². The average molecular weight is 246 g/mol. The van der Waals surface area contributed by atoms with Crippen molar-refractivity contribution < 1.29 is 14.6 Å². The second-order valence-electron chi connectivity index (χ2n) is 4.23. The minimum absolute atomic E-state index is 0.109. The second-order valence-corrected chi connectivity index (χ2v) is 4.23. The number of hydrogen-bond donors (Lipinski definition) is 1. The molecular weight excluding hydrogens is 228 g/mol. The van der Waals surface area contributed by atoms with Crippen LogP contribution in [0.2, 0.25) is 0 Å². The Labute approximate surface area is 108 Å². The number of hydrogen-bond acceptors (Lipinski definition) is 3. The number of ether oxygens (including phenoxy) is 2. The third-order valence-corrected chi connectivity index (χ3v) is 2.79. The molecule has 0 radical (unpaired) electrons. The van der Waals surface area contributed by atoms with Crippen LogP contribution in [0.5, 0.6) is 5.75 Å². The van der Waals surface area contributed by atoms with Gasteiger partial charge in [-0.15, -0.1) is 0 Å². The van der Waals surface area contributed by atoms with Gasteiger partial charge in [0.2, 0.25) is 0 Å². The molecule has 2 rings (SSSR count). The van der Waals surface area contributed by atoms with Crippen LogP contribution in [0, 0.1) is 11.8 Å². The Morgan fingerprint density at radius 2 is 1.94 bits per heavy atom. The van der Waals surface area contributed by atoms with Crippen molar-refractivity contribution in [3.05, 3.63) is 29.8 Å². The van der Waals surface area contributed by atoms with Gasteiger partial charge >= 0.3 is 0 Å². The van der Waals surface area contributed by atoms with Crippen LogP contribution < -0.4 is 4.74 Å². The molecule has 0 unspecified atom stereocenters. The molecule has 1 aromatic carbocycles. The molecule has 1 N–H and O–H groups in total. The van der Waals surface area contributed by atoms with Crippen LogP contribution in [-0.2, 0) is 4.74 Å². The minimum Gasteiger partial charge on any atom is -0.490 e. The summed E-state index contributed by atoms with van der Waals surface area (Å²) >= 11 is 0. The van der Waals surface area contributed by atoms with Gasteiger partial charge in [-0.3, -0.25) is 0 Å². The van der Waals surface area contributed by atoms with Gasteiger partial charge in [-0.05, 0) is 24.3 Å². The van der Waals surface area contributed by atoms with E-state index in [2.05, 4.69) is 11.8 Å². The highest BCUT2D eigenvalue weighted by Gasteiger charge is 2.14. The molecular formula is C15H18O3. The molecule has 3 nitrogen and oxygen atoms in total. The fourth-order valence-corrected chi connectivity index (χ4v) is 1.82. The monoisotopic (exact) mass is 246 g/mol. The number of rotatable bonds is 3. The third-order valence-electron chi connectivity index (χ3n) is 2.79. The highest BCUT2D eigenvalue weighted by molar-refractivity contribution is 5.38. The molecule has 0 spiro atoms. The van der Waals surface area contributed by atoms with Gasteiger partial charge in [0.25, 0.3) is 0 Å². The van der Waals surface area contributed by atoms with Crippen molar-refractivity contribution in [2.75, 3.05) is 19.8 Å². The molecule has 1 fully saturated rings. The molecule has 1 saturated heterocycles. The molecule has 1 aliphatic heterocycles. The van der Waals surface area contributed by atoms with Crippen molar-refractivity contribution in [1.82, 2.24) is 0 Å². The largest absolute Gasteiger partial charge is 0.490 e. The minimum atomic E-state index is 0.109. The summed E-state index contributed by atoms with van der Waals surface area (Å²) in [4.78, 5) is 0. The highest BCUT2D eigenvalue weighted by atomic mass is 16.5. The van der Waals surface area contributed by atoms with E-state index in [1.165, 1.54) is 0 Å². The maximum Gasteiger partial charge on any atom is 0.119 e. The Morgan fingerprint density at radius 3 is 2.61 bits per heavy atom. The summed E-state index contributed by atoms with van der Waals surface area (Å²) in [6.07, 6.45) is 2.70. The second kappa shape index (κ2) is 7.05. The van der Waals surface area contributed by atoms with Crippen molar-refractivity contribution in [3.8, 4) is 17.6 Å². The lowest BCUT2D eigenvalue weighted by molar-refractivity contribution is 0.0256. The smallest absolute Gasteiger partial charge is 0.119 e. The number of aliphatic hydroxyl groups is 1. The molecule has 0 aliphatic carbocycles. The zero-order valence-electron chi connectivity index (χ0n) is 10.4. The highest BCUT2D eigenvalue weighted by Crippen LogP contribution is 2.18. The van der Waals surface area contributed by atoms with Gasteiger partial charge < -0.3 is 14.6 Å². The first-order valence-electron chi connectivity index (χ1n) is 6.32. The SMILES string of the molecule is OCCC#Cc1ccc(OC2CCOCC2)cc1. The van der Waals surface area contributed by atoms with Gasteiger partial charge in [0.1, 0.15) is 11.9 Å². The van der Waals surface area contributed by atoms with Crippen LogP contribution in [-0.4, -0.2) is 31.0 Å². The van der Waals surface area contributed by atoms with Gasteiger partial charge in [0.15, 0.2) is 0 Å². The van der Waals surface area contributed by atoms with Crippen LogP contribution in [0.25, 0.3) is 0 Å². The maximum atomic E-state index is 8.64. The fourth-order valence-electron chi connectivity index (χ4n) is 1.82. The average Bonchev–Trinajstić information content (AvgIpc) is 2.42. The molecule has 18 heavy (non-hydrogen) atoms. The molecule has 0 amide bonds. The Morgan fingerprint density at radius 1 is 1.22 bits per heavy atom. The van der Waals surface area contributed by atoms with Crippen molar-refractivity contribution in [3.63, 3.8) is 0 Å². The first kappa shape index (κ1) is 12.9. The zero-order chi connectivity index (χ0) is 12.6. The van der Waals surface area contributed by atoms with Gasteiger partial charge in [0, 0.05) is 24.8 Å². The summed E-state index contributed by atoms with van der Waals surface area (Å²) in [5.74, 6) is 6.77. The van der Waals surface area contributed by atoms with Crippen molar-refractivity contribution in [2.24, 2.45) is 0 Å². The normalized spacial score (nSPS) is 15.8. The Balaban J connectivity index is 1.89. The Kier molecular flexibility index (Phi) is 5.07. The molecule has 0 aromatic heterocycles. The third kappa shape index (κ3) is 4.06. The van der Waals surface area contributed by atoms with E-state index in [0.717, 1.165) is 37.4 Å². The van der Waals surface area contributed by atoms with Crippen LogP contribution in [0.15, 0.2) is 24.3 Å². The van der Waals surface area contributed by atoms with Crippen LogP contribution in [0.1, 0.15) is 24.8 Å². The van der Waals surface area contributed by atoms with E-state index in [0.29, 0.717) is 6.42 Å². The van der Waals surface area contributed by atoms with E-state index in [1.807, 2.05) is 24.3 Å². The molecule has 0 saturated carbocycles. The molecule has 1 aliphatic rings. The standard InChI is InChI=1S/C15H18O3/c16-10-2-1-3-13-4-6-14(7-5-13)18-15-8-11-17-12-9-15/h4-7,15-16H,2,8-12H2. The summed E-state index contributed by atoms with van der Waals surface area (Å²) < 4.78 is 11.2. The number of benzene rings is 1. The molecule has 1 heterocycles. The van der Waals surface area contributed by atoms with E-state index in [9.17, 15) is 0 Å². The lowest BCUT2D eigenvalue weighted by atomic mass is 10.1. The van der Waals surface area contributed by atoms with E-state index in [4.69, 9.17) is 14.6 Å². The molecule has 0 atom stereocenters. The lowest BCUT2D eigenvalue weighted by Crippen LogP contribution is -2.25. The van der Waals surface area contributed by atoms with Crippen molar-refractivity contribution >= 4 is 0 Å². The van der Waals surface area contributed by atoms with Crippen LogP contribution >= 0.6 is 0 Å². The Bertz CT molecular complexity index is 408. The topological polar surface area (TPSA) is 38.7 Å². The summed E-state index contributed by atoms with van der Waals surface area (Å²) in [7, 11) is 0. The summed E-state index contributed by atoms with van der Waals surface area (Å²) in [6, 6.07) is 7.77. The Hall–Kier alpha value is -1.50. The lowest BCUT2D eigenvalue weighted by Gasteiger charge is -2.23. The maximum absolute atomic E-state index is 8.64. The van der Waals surface area contributed by atoms with Crippen LogP contribution in [0.3, 0.4) is 0 Å². The van der Waals surface area contributed by atoms with E-state index in [-0.39, 0.29) is 12.7 Å². The first-order chi connectivity index (χ1) is 8.88. The predicted octanol–water partition coefficient (Wildman–Crippen LogP) is 1.98. The summed E-state index contributed by atoms with van der Waals surface area (Å²) in [6.45, 7) is 1.68. The van der Waals surface area contributed by atoms with Gasteiger partial charge in [-0.25, -0.2) is 0 Å². The number of aliphatic hydroxyl groups excluding tert-OH is 1. The van der Waals surface area contributed by atoms with Crippen molar-refractivity contribution in [2.45, 2.75) is 25.4 Å². The fraction of sp³-hybridized carbons (Fsp3) is 0.467. The molecule has 1 aromatic rings. The molecule has 96 valence electrons. The van der Waals surface area contributed by atoms with E-state index >= 15 is 0 Å². The predicted molar refractivity (Wildman–Crippen MR) is 69.5 cm³/mol. The zero-order valence-corrected chi connectivity index (χ0v) is 10.4. The molecule has 0 bridgehead atoms. The first-order valence-corrected chi connectivity index (χ1v) is 6.32. The summed E-state index contributed by atoms with van der Waals surface area (Å²) in [5.41, 5.74) is 0.947. The van der Waals surface area contributed by atoms with Gasteiger partial charge in [0.05, 0.1) is 19.8 Å². The van der Waals surface area contributed by atoms with Crippen LogP contribution in [0.4, 0.5) is 0 Å².